The van der Waals surface area contributed by atoms with Crippen LogP contribution in [0.5, 0.6) is 0 Å². The van der Waals surface area contributed by atoms with E-state index in [1.807, 2.05) is 44.2 Å². The minimum atomic E-state index is -5.00. The standard InChI is InChI=1S/C38H20F6N4/c1-19-8-20(2)10-23(9-19)21-4-7-28-30-16-33-29(17-34(30)36(48-46-3)32(28)14-21)27-6-5-22(13-31(27)35(33)47-18-45)24-11-25(37(39,40)41)15-26(12-24)38(42,43)44/h4-17H,1-2H3/b47-35+,48-36+. The van der Waals surface area contributed by atoms with Crippen molar-refractivity contribution in [2.75, 3.05) is 0 Å². The molecular formula is C38H20F6N4. The predicted molar refractivity (Wildman–Crippen MR) is 173 cm³/mol. The SMILES string of the molecule is [C-]#[N+]/N=c1\c2cc(-c3cc(C)cc(C)c3)ccc2c2cc3/c(=N/C#N)c4cc(-c5cc(C(F)(F)F)cc(C(F)(F)F)c5)ccc4c3cc12. The van der Waals surface area contributed by atoms with Crippen LogP contribution in [0.3, 0.4) is 0 Å². The lowest BCUT2D eigenvalue weighted by Crippen LogP contribution is -2.11. The van der Waals surface area contributed by atoms with Crippen LogP contribution in [0, 0.1) is 31.9 Å². The molecule has 7 aromatic carbocycles. The van der Waals surface area contributed by atoms with Gasteiger partial charge in [-0.05, 0) is 100 Å². The van der Waals surface area contributed by atoms with Crippen LogP contribution >= 0.6 is 0 Å². The summed E-state index contributed by atoms with van der Waals surface area (Å²) in [6.07, 6.45) is -8.22. The highest BCUT2D eigenvalue weighted by Gasteiger charge is 2.37. The highest BCUT2D eigenvalue weighted by Crippen LogP contribution is 2.40. The molecule has 4 nitrogen and oxygen atoms in total. The van der Waals surface area contributed by atoms with E-state index in [1.54, 1.807) is 12.3 Å². The summed E-state index contributed by atoms with van der Waals surface area (Å²) < 4.78 is 81.7. The number of fused-ring (bicyclic) bond motifs is 6. The Morgan fingerprint density at radius 3 is 1.48 bits per heavy atom. The molecule has 0 spiro atoms. The van der Waals surface area contributed by atoms with Crippen LogP contribution in [0.2, 0.25) is 0 Å². The molecule has 0 radical (unpaired) electrons. The number of halogens is 6. The van der Waals surface area contributed by atoms with E-state index < -0.39 is 23.5 Å². The summed E-state index contributed by atoms with van der Waals surface area (Å²) in [5, 5.41) is 19.7. The molecule has 0 atom stereocenters. The van der Waals surface area contributed by atoms with Crippen molar-refractivity contribution in [3.63, 3.8) is 0 Å². The number of aryl methyl sites for hydroxylation is 2. The Hall–Kier alpha value is -6.00. The van der Waals surface area contributed by atoms with Crippen molar-refractivity contribution in [3.8, 4) is 28.4 Å². The average molecular weight is 647 g/mol. The molecule has 0 bridgehead atoms. The highest BCUT2D eigenvalue weighted by atomic mass is 19.4. The van der Waals surface area contributed by atoms with E-state index in [-0.39, 0.29) is 22.6 Å². The maximum Gasteiger partial charge on any atom is 0.416 e. The van der Waals surface area contributed by atoms with E-state index in [0.717, 1.165) is 38.4 Å². The first-order chi connectivity index (χ1) is 22.8. The molecule has 0 heterocycles. The van der Waals surface area contributed by atoms with Crippen molar-refractivity contribution in [1.29, 1.82) is 5.26 Å². The number of rotatable bonds is 2. The van der Waals surface area contributed by atoms with Gasteiger partial charge in [-0.1, -0.05) is 53.6 Å². The van der Waals surface area contributed by atoms with Crippen LogP contribution in [-0.2, 0) is 12.4 Å². The van der Waals surface area contributed by atoms with E-state index in [2.05, 4.69) is 33.2 Å². The Labute approximate surface area is 268 Å². The Morgan fingerprint density at radius 1 is 0.542 bits per heavy atom. The lowest BCUT2D eigenvalue weighted by atomic mass is 9.97. The summed E-state index contributed by atoms with van der Waals surface area (Å²) in [7, 11) is 0. The molecule has 7 rings (SSSR count). The van der Waals surface area contributed by atoms with Gasteiger partial charge in [0.2, 0.25) is 6.19 Å². The molecule has 0 aromatic heterocycles. The number of hydrogen-bond donors (Lipinski definition) is 0. The van der Waals surface area contributed by atoms with Crippen LogP contribution in [0.1, 0.15) is 22.3 Å². The van der Waals surface area contributed by atoms with E-state index in [0.29, 0.717) is 44.4 Å². The second-order valence-corrected chi connectivity index (χ2v) is 11.7. The summed E-state index contributed by atoms with van der Waals surface area (Å²) in [5.41, 5.74) is 1.15. The monoisotopic (exact) mass is 646 g/mol. The lowest BCUT2D eigenvalue weighted by molar-refractivity contribution is -0.143. The van der Waals surface area contributed by atoms with Crippen LogP contribution < -0.4 is 10.7 Å². The van der Waals surface area contributed by atoms with E-state index >= 15 is 0 Å². The zero-order valence-corrected chi connectivity index (χ0v) is 25.1. The van der Waals surface area contributed by atoms with Gasteiger partial charge in [0.1, 0.15) is 0 Å². The minimum Gasteiger partial charge on any atom is -0.181 e. The number of nitriles is 1. The summed E-state index contributed by atoms with van der Waals surface area (Å²) in [6, 6.07) is 21.8. The van der Waals surface area contributed by atoms with Gasteiger partial charge >= 0.3 is 12.4 Å². The first kappa shape index (κ1) is 30.6. The zero-order chi connectivity index (χ0) is 34.1. The van der Waals surface area contributed by atoms with Gasteiger partial charge in [-0.15, -0.1) is 4.95 Å². The van der Waals surface area contributed by atoms with Crippen molar-refractivity contribution in [3.05, 3.63) is 129 Å². The van der Waals surface area contributed by atoms with Gasteiger partial charge in [-0.3, -0.25) is 0 Å². The molecule has 48 heavy (non-hydrogen) atoms. The van der Waals surface area contributed by atoms with E-state index in [9.17, 15) is 31.6 Å². The lowest BCUT2D eigenvalue weighted by Gasteiger charge is -2.14. The third-order valence-corrected chi connectivity index (χ3v) is 8.59. The van der Waals surface area contributed by atoms with Crippen molar-refractivity contribution in [1.82, 2.24) is 0 Å². The number of hydrogen-bond acceptors (Lipinski definition) is 3. The fourth-order valence-corrected chi connectivity index (χ4v) is 6.63. The smallest absolute Gasteiger partial charge is 0.181 e. The summed E-state index contributed by atoms with van der Waals surface area (Å²) in [6.45, 7) is 11.6. The fourth-order valence-electron chi connectivity index (χ4n) is 6.63. The van der Waals surface area contributed by atoms with Gasteiger partial charge in [-0.25, -0.2) is 0 Å². The number of alkyl halides is 6. The molecule has 0 unspecified atom stereocenters. The van der Waals surface area contributed by atoms with Crippen LogP contribution in [0.25, 0.3) is 70.3 Å². The highest BCUT2D eigenvalue weighted by molar-refractivity contribution is 6.21. The van der Waals surface area contributed by atoms with Gasteiger partial charge in [0.25, 0.3) is 0 Å². The molecule has 0 aliphatic carbocycles. The van der Waals surface area contributed by atoms with Crippen molar-refractivity contribution >= 4 is 43.1 Å². The maximum atomic E-state index is 13.6. The second-order valence-electron chi connectivity index (χ2n) is 11.7. The molecule has 0 fully saturated rings. The second kappa shape index (κ2) is 10.8. The molecular weight excluding hydrogens is 626 g/mol. The third kappa shape index (κ3) is 5.03. The van der Waals surface area contributed by atoms with Crippen LogP contribution in [-0.4, -0.2) is 0 Å². The van der Waals surface area contributed by atoms with Gasteiger partial charge in [-0.2, -0.15) is 43.2 Å². The normalized spacial score (nSPS) is 13.2. The molecule has 0 aliphatic rings. The molecule has 0 amide bonds. The van der Waals surface area contributed by atoms with Gasteiger partial charge in [0.15, 0.2) is 5.36 Å². The molecule has 0 saturated carbocycles. The number of nitrogens with zero attached hydrogens (tertiary/aromatic N) is 4. The zero-order valence-electron chi connectivity index (χ0n) is 25.1. The first-order valence-electron chi connectivity index (χ1n) is 14.5. The summed E-state index contributed by atoms with van der Waals surface area (Å²) in [4.78, 5) is 7.38. The molecule has 0 aliphatic heterocycles. The Balaban J connectivity index is 1.50. The Bertz CT molecular complexity index is 2640. The van der Waals surface area contributed by atoms with Gasteiger partial charge in [0.05, 0.1) is 21.6 Å². The fraction of sp³-hybridized carbons (Fsp3) is 0.105. The maximum absolute atomic E-state index is 13.6. The summed E-state index contributed by atoms with van der Waals surface area (Å²) in [5.74, 6) is 0. The van der Waals surface area contributed by atoms with E-state index in [1.165, 1.54) is 12.1 Å². The van der Waals surface area contributed by atoms with Gasteiger partial charge in [0, 0.05) is 21.5 Å². The van der Waals surface area contributed by atoms with Crippen LogP contribution in [0.15, 0.2) is 95.0 Å². The topological polar surface area (TPSA) is 52.9 Å². The summed E-state index contributed by atoms with van der Waals surface area (Å²) >= 11 is 0. The van der Waals surface area contributed by atoms with Crippen LogP contribution in [0.4, 0.5) is 26.3 Å². The van der Waals surface area contributed by atoms with Crippen molar-refractivity contribution in [2.24, 2.45) is 10.1 Å². The Morgan fingerprint density at radius 2 is 1.00 bits per heavy atom. The first-order valence-corrected chi connectivity index (χ1v) is 14.5. The third-order valence-electron chi connectivity index (χ3n) is 8.59. The minimum absolute atomic E-state index is 0.0851. The predicted octanol–water partition coefficient (Wildman–Crippen LogP) is 10.3. The molecule has 0 N–H and O–H groups in total. The quantitative estimate of drug-likeness (QED) is 0.0798. The van der Waals surface area contributed by atoms with Crippen molar-refractivity contribution < 1.29 is 26.3 Å². The Kier molecular flexibility index (Phi) is 6.88. The van der Waals surface area contributed by atoms with Gasteiger partial charge < -0.3 is 0 Å². The average Bonchev–Trinajstić information content (AvgIpc) is 3.49. The largest absolute Gasteiger partial charge is 0.416 e. The van der Waals surface area contributed by atoms with Crippen molar-refractivity contribution in [2.45, 2.75) is 26.2 Å². The number of benzene rings is 5. The molecule has 234 valence electrons. The van der Waals surface area contributed by atoms with E-state index in [4.69, 9.17) is 6.57 Å². The molecule has 0 saturated heterocycles. The molecule has 7 aromatic rings. The molecule has 10 heteroatoms.